The van der Waals surface area contributed by atoms with Crippen molar-refractivity contribution in [1.29, 1.82) is 0 Å². The lowest BCUT2D eigenvalue weighted by molar-refractivity contribution is 0.164. The molecule has 2 fully saturated rings. The van der Waals surface area contributed by atoms with Gasteiger partial charge in [-0.2, -0.15) is 0 Å². The summed E-state index contributed by atoms with van der Waals surface area (Å²) in [6.07, 6.45) is 6.97. The van der Waals surface area contributed by atoms with Crippen LogP contribution in [0.3, 0.4) is 0 Å². The Bertz CT molecular complexity index is 582. The van der Waals surface area contributed by atoms with E-state index in [2.05, 4.69) is 22.6 Å². The van der Waals surface area contributed by atoms with E-state index >= 15 is 0 Å². The Hall–Kier alpha value is -1.17. The van der Waals surface area contributed by atoms with Crippen LogP contribution in [0.15, 0.2) is 28.2 Å². The smallest absolute Gasteiger partial charge is 0.162 e. The molecule has 2 unspecified atom stereocenters. The number of aromatic nitrogens is 1. The lowest BCUT2D eigenvalue weighted by Crippen LogP contribution is -2.46. The predicted molar refractivity (Wildman–Crippen MR) is 84.3 cm³/mol. The molecule has 0 saturated carbocycles. The summed E-state index contributed by atoms with van der Waals surface area (Å²) in [6, 6.07) is 6.05. The molecule has 0 radical (unpaired) electrons. The molecule has 0 amide bonds. The number of nitrogens with one attached hydrogen (secondary N) is 1. The van der Waals surface area contributed by atoms with Gasteiger partial charge in [-0.05, 0) is 44.9 Å². The summed E-state index contributed by atoms with van der Waals surface area (Å²) in [5.41, 5.74) is 1.15. The highest BCUT2D eigenvalue weighted by molar-refractivity contribution is 7.13. The van der Waals surface area contributed by atoms with Crippen molar-refractivity contribution in [2.24, 2.45) is 0 Å². The van der Waals surface area contributed by atoms with E-state index in [9.17, 15) is 0 Å². The summed E-state index contributed by atoms with van der Waals surface area (Å²) in [7, 11) is 2.24. The molecule has 0 aromatic carbocycles. The molecular formula is C16H21N3OS. The molecule has 2 aliphatic heterocycles. The van der Waals surface area contributed by atoms with E-state index in [-0.39, 0.29) is 0 Å². The predicted octanol–water partition coefficient (Wildman–Crippen LogP) is 3.12. The van der Waals surface area contributed by atoms with Gasteiger partial charge in [-0.1, -0.05) is 0 Å². The van der Waals surface area contributed by atoms with Gasteiger partial charge in [0.2, 0.25) is 0 Å². The SMILES string of the molecule is CN(Cc1csc(-c2ccco2)n1)C1CC2CCC(C1)N2. The molecule has 2 aliphatic rings. The third kappa shape index (κ3) is 2.78. The van der Waals surface area contributed by atoms with Crippen LogP contribution in [0.2, 0.25) is 0 Å². The van der Waals surface area contributed by atoms with Crippen molar-refractivity contribution in [2.45, 2.75) is 50.4 Å². The Morgan fingerprint density at radius 3 is 2.90 bits per heavy atom. The normalized spacial score (nSPS) is 28.4. The first kappa shape index (κ1) is 13.5. The van der Waals surface area contributed by atoms with Crippen molar-refractivity contribution in [3.05, 3.63) is 29.5 Å². The summed E-state index contributed by atoms with van der Waals surface area (Å²) >= 11 is 1.67. The van der Waals surface area contributed by atoms with Crippen LogP contribution in [-0.4, -0.2) is 35.1 Å². The highest BCUT2D eigenvalue weighted by Gasteiger charge is 2.35. The number of piperidine rings is 1. The lowest BCUT2D eigenvalue weighted by Gasteiger charge is -2.35. The van der Waals surface area contributed by atoms with Gasteiger partial charge in [0.15, 0.2) is 10.8 Å². The van der Waals surface area contributed by atoms with E-state index in [0.717, 1.165) is 35.1 Å². The first-order valence-corrected chi connectivity index (χ1v) is 8.60. The number of fused-ring (bicyclic) bond motifs is 2. The molecule has 0 spiro atoms. The van der Waals surface area contributed by atoms with Crippen LogP contribution in [-0.2, 0) is 6.54 Å². The maximum absolute atomic E-state index is 5.42. The van der Waals surface area contributed by atoms with Crippen LogP contribution in [0.1, 0.15) is 31.4 Å². The van der Waals surface area contributed by atoms with E-state index in [1.807, 2.05) is 12.1 Å². The monoisotopic (exact) mass is 303 g/mol. The van der Waals surface area contributed by atoms with E-state index in [4.69, 9.17) is 9.40 Å². The van der Waals surface area contributed by atoms with Crippen LogP contribution < -0.4 is 5.32 Å². The Morgan fingerprint density at radius 2 is 2.19 bits per heavy atom. The molecule has 1 N–H and O–H groups in total. The number of hydrogen-bond acceptors (Lipinski definition) is 5. The molecule has 4 rings (SSSR count). The van der Waals surface area contributed by atoms with E-state index in [1.165, 1.54) is 25.7 Å². The van der Waals surface area contributed by atoms with Gasteiger partial charge in [0, 0.05) is 30.1 Å². The Balaban J connectivity index is 1.41. The largest absolute Gasteiger partial charge is 0.462 e. The third-order valence-electron chi connectivity index (χ3n) is 4.77. The number of furan rings is 1. The number of hydrogen-bond donors (Lipinski definition) is 1. The maximum atomic E-state index is 5.42. The van der Waals surface area contributed by atoms with Crippen molar-refractivity contribution in [3.63, 3.8) is 0 Å². The highest BCUT2D eigenvalue weighted by Crippen LogP contribution is 2.30. The average Bonchev–Trinajstić information content (AvgIpc) is 3.20. The molecule has 2 aromatic heterocycles. The van der Waals surface area contributed by atoms with Gasteiger partial charge in [0.25, 0.3) is 0 Å². The van der Waals surface area contributed by atoms with Gasteiger partial charge in [-0.25, -0.2) is 4.98 Å². The summed E-state index contributed by atoms with van der Waals surface area (Å²) in [4.78, 5) is 7.19. The van der Waals surface area contributed by atoms with Crippen molar-refractivity contribution < 1.29 is 4.42 Å². The molecular weight excluding hydrogens is 282 g/mol. The second-order valence-corrected chi connectivity index (χ2v) is 7.16. The van der Waals surface area contributed by atoms with Crippen molar-refractivity contribution >= 4 is 11.3 Å². The first-order valence-electron chi connectivity index (χ1n) is 7.72. The first-order chi connectivity index (χ1) is 10.3. The lowest BCUT2D eigenvalue weighted by atomic mass is 9.98. The minimum Gasteiger partial charge on any atom is -0.462 e. The van der Waals surface area contributed by atoms with Crippen molar-refractivity contribution in [2.75, 3.05) is 7.05 Å². The van der Waals surface area contributed by atoms with Crippen LogP contribution >= 0.6 is 11.3 Å². The van der Waals surface area contributed by atoms with E-state index in [1.54, 1.807) is 17.6 Å². The number of nitrogens with zero attached hydrogens (tertiary/aromatic N) is 2. The van der Waals surface area contributed by atoms with Gasteiger partial charge < -0.3 is 9.73 Å². The molecule has 4 heterocycles. The molecule has 2 saturated heterocycles. The molecule has 21 heavy (non-hydrogen) atoms. The molecule has 2 atom stereocenters. The Kier molecular flexibility index (Phi) is 3.57. The average molecular weight is 303 g/mol. The Morgan fingerprint density at radius 1 is 1.38 bits per heavy atom. The zero-order chi connectivity index (χ0) is 14.2. The molecule has 112 valence electrons. The topological polar surface area (TPSA) is 41.3 Å². The van der Waals surface area contributed by atoms with Crippen LogP contribution in [0.4, 0.5) is 0 Å². The molecule has 2 bridgehead atoms. The fraction of sp³-hybridized carbons (Fsp3) is 0.562. The van der Waals surface area contributed by atoms with Gasteiger partial charge in [-0.15, -0.1) is 11.3 Å². The second kappa shape index (κ2) is 5.55. The molecule has 2 aromatic rings. The fourth-order valence-electron chi connectivity index (χ4n) is 3.66. The second-order valence-electron chi connectivity index (χ2n) is 6.30. The van der Waals surface area contributed by atoms with Crippen LogP contribution in [0, 0.1) is 0 Å². The van der Waals surface area contributed by atoms with Crippen molar-refractivity contribution in [3.8, 4) is 10.8 Å². The fourth-order valence-corrected chi connectivity index (χ4v) is 4.44. The minimum absolute atomic E-state index is 0.692. The van der Waals surface area contributed by atoms with Gasteiger partial charge >= 0.3 is 0 Å². The van der Waals surface area contributed by atoms with Crippen LogP contribution in [0.5, 0.6) is 0 Å². The zero-order valence-corrected chi connectivity index (χ0v) is 13.1. The molecule has 0 aliphatic carbocycles. The van der Waals surface area contributed by atoms with E-state index < -0.39 is 0 Å². The molecule has 4 nitrogen and oxygen atoms in total. The van der Waals surface area contributed by atoms with Crippen molar-refractivity contribution in [1.82, 2.24) is 15.2 Å². The van der Waals surface area contributed by atoms with Crippen LogP contribution in [0.25, 0.3) is 10.8 Å². The van der Waals surface area contributed by atoms with Gasteiger partial charge in [-0.3, -0.25) is 4.90 Å². The standard InChI is InChI=1S/C16H21N3OS/c1-19(14-7-11-4-5-12(8-14)17-11)9-13-10-21-16(18-13)15-3-2-6-20-15/h2-3,6,10-12,14,17H,4-5,7-9H2,1H3. The van der Waals surface area contributed by atoms with E-state index in [0.29, 0.717) is 6.04 Å². The zero-order valence-electron chi connectivity index (χ0n) is 12.3. The highest BCUT2D eigenvalue weighted by atomic mass is 32.1. The summed E-state index contributed by atoms with van der Waals surface area (Å²) in [6.45, 7) is 0.932. The molecule has 5 heteroatoms. The third-order valence-corrected chi connectivity index (χ3v) is 5.67. The maximum Gasteiger partial charge on any atom is 0.162 e. The van der Waals surface area contributed by atoms with Gasteiger partial charge in [0.05, 0.1) is 12.0 Å². The minimum atomic E-state index is 0.692. The quantitative estimate of drug-likeness (QED) is 0.942. The van der Waals surface area contributed by atoms with Gasteiger partial charge in [0.1, 0.15) is 0 Å². The summed E-state index contributed by atoms with van der Waals surface area (Å²) < 4.78 is 5.42. The summed E-state index contributed by atoms with van der Waals surface area (Å²) in [5.74, 6) is 0.869. The summed E-state index contributed by atoms with van der Waals surface area (Å²) in [5, 5.41) is 6.85. The Labute approximate surface area is 129 Å². The number of thiazole rings is 1. The number of rotatable bonds is 4.